The quantitative estimate of drug-likeness (QED) is 0.464. The van der Waals surface area contributed by atoms with Crippen molar-refractivity contribution in [2.45, 2.75) is 40.0 Å². The molecule has 0 saturated carbocycles. The Kier molecular flexibility index (Phi) is 6.75. The average Bonchev–Trinajstić information content (AvgIpc) is 2.16. The predicted octanol–water partition coefficient (Wildman–Crippen LogP) is 0.178. The molecule has 0 radical (unpaired) electrons. The summed E-state index contributed by atoms with van der Waals surface area (Å²) in [4.78, 5) is 0. The van der Waals surface area contributed by atoms with Crippen molar-refractivity contribution in [2.75, 3.05) is 0 Å². The Morgan fingerprint density at radius 1 is 1.08 bits per heavy atom. The van der Waals surface area contributed by atoms with E-state index in [4.69, 9.17) is 0 Å². The Bertz CT molecular complexity index is 231. The Balaban J connectivity index is 0.00000144. The first-order chi connectivity index (χ1) is 5.83. The fourth-order valence-electron chi connectivity index (χ4n) is 1.71. The zero-order valence-corrected chi connectivity index (χ0v) is 11.3. The molecular formula is C12H17Na. The van der Waals surface area contributed by atoms with Crippen LogP contribution in [-0.2, 0) is 19.3 Å². The van der Waals surface area contributed by atoms with Gasteiger partial charge in [-0.15, -0.1) is 5.56 Å². The largest absolute Gasteiger partial charge is 1.00 e. The van der Waals surface area contributed by atoms with Crippen LogP contribution < -0.4 is 29.6 Å². The number of aryl methyl sites for hydroxylation is 2. The molecule has 1 rings (SSSR count). The van der Waals surface area contributed by atoms with Gasteiger partial charge >= 0.3 is 29.6 Å². The van der Waals surface area contributed by atoms with Crippen molar-refractivity contribution in [3.05, 3.63) is 34.9 Å². The molecule has 0 saturated heterocycles. The van der Waals surface area contributed by atoms with Gasteiger partial charge in [0.1, 0.15) is 0 Å². The second-order valence-corrected chi connectivity index (χ2v) is 3.02. The standard InChI is InChI=1S/C12H17.Na/c1-4-10-8-7-9-11(5-2)12(10)6-3;/h7-8H,4-6H2,1-3H3;/q-1;+1. The molecule has 13 heavy (non-hydrogen) atoms. The van der Waals surface area contributed by atoms with Gasteiger partial charge in [0.15, 0.2) is 0 Å². The summed E-state index contributed by atoms with van der Waals surface area (Å²) in [6.45, 7) is 6.64. The number of hydrogen-bond donors (Lipinski definition) is 0. The van der Waals surface area contributed by atoms with Crippen LogP contribution in [0.2, 0.25) is 0 Å². The Morgan fingerprint density at radius 2 is 1.77 bits per heavy atom. The molecule has 0 aliphatic carbocycles. The summed E-state index contributed by atoms with van der Waals surface area (Å²) in [6, 6.07) is 7.56. The van der Waals surface area contributed by atoms with Crippen LogP contribution >= 0.6 is 0 Å². The third-order valence-electron chi connectivity index (χ3n) is 2.38. The van der Waals surface area contributed by atoms with Gasteiger partial charge in [-0.1, -0.05) is 40.0 Å². The molecule has 66 valence electrons. The molecule has 0 amide bonds. The molecule has 0 aliphatic rings. The summed E-state index contributed by atoms with van der Waals surface area (Å²) in [5, 5.41) is 0. The predicted molar refractivity (Wildman–Crippen MR) is 53.4 cm³/mol. The van der Waals surface area contributed by atoms with Crippen LogP contribution in [0, 0.1) is 6.07 Å². The van der Waals surface area contributed by atoms with Gasteiger partial charge in [0.25, 0.3) is 0 Å². The molecule has 0 bridgehead atoms. The fraction of sp³-hybridized carbons (Fsp3) is 0.500. The molecule has 1 heteroatoms. The van der Waals surface area contributed by atoms with E-state index in [0.717, 1.165) is 19.3 Å². The zero-order chi connectivity index (χ0) is 8.97. The average molecular weight is 184 g/mol. The summed E-state index contributed by atoms with van der Waals surface area (Å²) in [7, 11) is 0. The van der Waals surface area contributed by atoms with E-state index in [9.17, 15) is 0 Å². The molecule has 0 atom stereocenters. The Hall–Kier alpha value is 0.220. The van der Waals surface area contributed by atoms with Crippen LogP contribution in [0.3, 0.4) is 0 Å². The smallest absolute Gasteiger partial charge is 0.180 e. The van der Waals surface area contributed by atoms with Crippen LogP contribution in [0.1, 0.15) is 37.5 Å². The van der Waals surface area contributed by atoms with Crippen molar-refractivity contribution in [1.29, 1.82) is 0 Å². The molecule has 0 aliphatic heterocycles. The van der Waals surface area contributed by atoms with Gasteiger partial charge in [0.05, 0.1) is 0 Å². The molecule has 1 aromatic rings. The van der Waals surface area contributed by atoms with Gasteiger partial charge in [-0.05, 0) is 0 Å². The first kappa shape index (κ1) is 13.2. The van der Waals surface area contributed by atoms with E-state index in [1.807, 2.05) is 0 Å². The third kappa shape index (κ3) is 3.12. The summed E-state index contributed by atoms with van der Waals surface area (Å²) in [5.41, 5.74) is 4.41. The van der Waals surface area contributed by atoms with Crippen molar-refractivity contribution >= 4 is 0 Å². The second-order valence-electron chi connectivity index (χ2n) is 3.02. The molecule has 0 unspecified atom stereocenters. The van der Waals surface area contributed by atoms with Gasteiger partial charge in [-0.2, -0.15) is 29.3 Å². The minimum atomic E-state index is 0. The van der Waals surface area contributed by atoms with Gasteiger partial charge in [-0.25, -0.2) is 0 Å². The molecule has 0 aromatic heterocycles. The molecule has 0 N–H and O–H groups in total. The van der Waals surface area contributed by atoms with Crippen molar-refractivity contribution in [3.8, 4) is 0 Å². The van der Waals surface area contributed by atoms with Crippen LogP contribution in [0.5, 0.6) is 0 Å². The van der Waals surface area contributed by atoms with Crippen LogP contribution in [0.15, 0.2) is 12.1 Å². The topological polar surface area (TPSA) is 0 Å². The molecular weight excluding hydrogens is 167 g/mol. The monoisotopic (exact) mass is 184 g/mol. The maximum atomic E-state index is 3.31. The Morgan fingerprint density at radius 3 is 2.23 bits per heavy atom. The van der Waals surface area contributed by atoms with E-state index in [2.05, 4.69) is 39.0 Å². The summed E-state index contributed by atoms with van der Waals surface area (Å²) in [6.07, 6.45) is 3.39. The zero-order valence-electron chi connectivity index (χ0n) is 9.28. The molecule has 0 fully saturated rings. The van der Waals surface area contributed by atoms with E-state index in [0.29, 0.717) is 0 Å². The van der Waals surface area contributed by atoms with Crippen molar-refractivity contribution in [1.82, 2.24) is 0 Å². The summed E-state index contributed by atoms with van der Waals surface area (Å²) in [5.74, 6) is 0. The van der Waals surface area contributed by atoms with Crippen LogP contribution in [0.25, 0.3) is 0 Å². The third-order valence-corrected chi connectivity index (χ3v) is 2.38. The molecule has 1 aromatic carbocycles. The summed E-state index contributed by atoms with van der Waals surface area (Å²) >= 11 is 0. The molecule has 0 heterocycles. The van der Waals surface area contributed by atoms with Crippen molar-refractivity contribution in [3.63, 3.8) is 0 Å². The van der Waals surface area contributed by atoms with Crippen molar-refractivity contribution in [2.24, 2.45) is 0 Å². The number of hydrogen-bond acceptors (Lipinski definition) is 0. The molecule has 0 spiro atoms. The van der Waals surface area contributed by atoms with E-state index < -0.39 is 0 Å². The normalized spacial score (nSPS) is 9.46. The second kappa shape index (κ2) is 6.64. The first-order valence-electron chi connectivity index (χ1n) is 4.84. The minimum absolute atomic E-state index is 0. The van der Waals surface area contributed by atoms with Gasteiger partial charge < -0.3 is 0 Å². The van der Waals surface area contributed by atoms with Crippen molar-refractivity contribution < 1.29 is 29.6 Å². The SMILES string of the molecule is CCc1[c-]ccc(CC)c1CC.[Na+]. The van der Waals surface area contributed by atoms with E-state index in [-0.39, 0.29) is 29.6 Å². The van der Waals surface area contributed by atoms with Gasteiger partial charge in [0.2, 0.25) is 0 Å². The maximum absolute atomic E-state index is 3.31. The summed E-state index contributed by atoms with van der Waals surface area (Å²) < 4.78 is 0. The first-order valence-corrected chi connectivity index (χ1v) is 4.84. The minimum Gasteiger partial charge on any atom is -0.180 e. The van der Waals surface area contributed by atoms with E-state index in [1.54, 1.807) is 0 Å². The van der Waals surface area contributed by atoms with Crippen LogP contribution in [-0.4, -0.2) is 0 Å². The number of benzene rings is 1. The maximum Gasteiger partial charge on any atom is 1.00 e. The van der Waals surface area contributed by atoms with Gasteiger partial charge in [-0.3, -0.25) is 0 Å². The van der Waals surface area contributed by atoms with Crippen LogP contribution in [0.4, 0.5) is 0 Å². The molecule has 0 nitrogen and oxygen atoms in total. The number of rotatable bonds is 3. The van der Waals surface area contributed by atoms with E-state index in [1.165, 1.54) is 16.7 Å². The van der Waals surface area contributed by atoms with E-state index >= 15 is 0 Å². The van der Waals surface area contributed by atoms with Gasteiger partial charge in [0, 0.05) is 0 Å². The fourth-order valence-corrected chi connectivity index (χ4v) is 1.71. The Labute approximate surface area is 104 Å².